The number of carbonyl (C=O) groups excluding carboxylic acids is 1. The van der Waals surface area contributed by atoms with E-state index in [9.17, 15) is 4.79 Å². The molecule has 1 unspecified atom stereocenters. The van der Waals surface area contributed by atoms with Crippen LogP contribution in [0.25, 0.3) is 0 Å². The third-order valence-corrected chi connectivity index (χ3v) is 3.70. The topological polar surface area (TPSA) is 29.1 Å². The van der Waals surface area contributed by atoms with E-state index in [0.29, 0.717) is 18.1 Å². The fourth-order valence-corrected chi connectivity index (χ4v) is 2.39. The van der Waals surface area contributed by atoms with E-state index in [2.05, 4.69) is 19.2 Å². The van der Waals surface area contributed by atoms with Crippen LogP contribution < -0.4 is 5.32 Å². The quantitative estimate of drug-likeness (QED) is 0.810. The molecule has 2 nitrogen and oxygen atoms in total. The summed E-state index contributed by atoms with van der Waals surface area (Å²) in [5.41, 5.74) is 3.33. The van der Waals surface area contributed by atoms with Crippen molar-refractivity contribution in [3.8, 4) is 0 Å². The van der Waals surface area contributed by atoms with Gasteiger partial charge in [-0.3, -0.25) is 4.79 Å². The summed E-state index contributed by atoms with van der Waals surface area (Å²) in [5, 5.41) is 3.36. The lowest BCUT2D eigenvalue weighted by Gasteiger charge is -2.22. The zero-order chi connectivity index (χ0) is 12.3. The van der Waals surface area contributed by atoms with Crippen molar-refractivity contribution >= 4 is 5.78 Å². The molecule has 0 saturated carbocycles. The number of carbonyl (C=O) groups is 1. The molecule has 0 aromatic heterocycles. The highest BCUT2D eigenvalue weighted by Gasteiger charge is 2.17. The van der Waals surface area contributed by atoms with Crippen LogP contribution in [0.1, 0.15) is 40.7 Å². The second-order valence-corrected chi connectivity index (χ2v) is 5.14. The molecule has 0 amide bonds. The van der Waals surface area contributed by atoms with Gasteiger partial charge in [-0.25, -0.2) is 0 Å². The highest BCUT2D eigenvalue weighted by atomic mass is 16.1. The number of ketones is 1. The first-order chi connectivity index (χ1) is 8.16. The number of hydrogen-bond acceptors (Lipinski definition) is 2. The third-order valence-electron chi connectivity index (χ3n) is 3.70. The number of Topliss-reactive ketones (excluding diaryl/α,β-unsaturated/α-hetero) is 1. The number of benzene rings is 1. The Morgan fingerprint density at radius 1 is 1.35 bits per heavy atom. The SMILES string of the molecule is Cc1ccc(C(=O)CC2CCCNC2)cc1C. The Morgan fingerprint density at radius 2 is 2.18 bits per heavy atom. The fourth-order valence-electron chi connectivity index (χ4n) is 2.39. The van der Waals surface area contributed by atoms with Crippen LogP contribution >= 0.6 is 0 Å². The summed E-state index contributed by atoms with van der Waals surface area (Å²) in [6.45, 7) is 6.24. The van der Waals surface area contributed by atoms with Crippen LogP contribution in [0, 0.1) is 19.8 Å². The molecule has 0 spiro atoms. The monoisotopic (exact) mass is 231 g/mol. The smallest absolute Gasteiger partial charge is 0.163 e. The molecule has 92 valence electrons. The Labute approximate surface area is 103 Å². The number of rotatable bonds is 3. The molecule has 17 heavy (non-hydrogen) atoms. The van der Waals surface area contributed by atoms with Gasteiger partial charge < -0.3 is 5.32 Å². The van der Waals surface area contributed by atoms with E-state index in [-0.39, 0.29) is 0 Å². The van der Waals surface area contributed by atoms with Gasteiger partial charge in [0.15, 0.2) is 5.78 Å². The average molecular weight is 231 g/mol. The normalized spacial score (nSPS) is 20.2. The molecule has 1 fully saturated rings. The van der Waals surface area contributed by atoms with Crippen molar-refractivity contribution in [1.29, 1.82) is 0 Å². The lowest BCUT2D eigenvalue weighted by Crippen LogP contribution is -2.31. The Bertz CT molecular complexity index is 405. The van der Waals surface area contributed by atoms with Gasteiger partial charge in [0.05, 0.1) is 0 Å². The van der Waals surface area contributed by atoms with Gasteiger partial charge in [-0.2, -0.15) is 0 Å². The minimum Gasteiger partial charge on any atom is -0.316 e. The van der Waals surface area contributed by atoms with E-state index in [4.69, 9.17) is 0 Å². The molecule has 0 radical (unpaired) electrons. The van der Waals surface area contributed by atoms with Crippen molar-refractivity contribution in [3.05, 3.63) is 34.9 Å². The highest BCUT2D eigenvalue weighted by Crippen LogP contribution is 2.18. The maximum atomic E-state index is 12.1. The van der Waals surface area contributed by atoms with Crippen LogP contribution in [0.2, 0.25) is 0 Å². The van der Waals surface area contributed by atoms with Crippen LogP contribution in [0.15, 0.2) is 18.2 Å². The standard InChI is InChI=1S/C15H21NO/c1-11-5-6-14(8-12(11)2)15(17)9-13-4-3-7-16-10-13/h5-6,8,13,16H,3-4,7,9-10H2,1-2H3. The van der Waals surface area contributed by atoms with Gasteiger partial charge in [-0.1, -0.05) is 12.1 Å². The molecule has 1 aromatic carbocycles. The summed E-state index contributed by atoms with van der Waals surface area (Å²) in [6, 6.07) is 6.02. The Hall–Kier alpha value is -1.15. The first-order valence-electron chi connectivity index (χ1n) is 6.48. The second kappa shape index (κ2) is 5.46. The van der Waals surface area contributed by atoms with E-state index in [1.54, 1.807) is 0 Å². The number of hydrogen-bond donors (Lipinski definition) is 1. The molecule has 1 atom stereocenters. The summed E-state index contributed by atoms with van der Waals surface area (Å²) in [5.74, 6) is 0.819. The lowest BCUT2D eigenvalue weighted by atomic mass is 9.91. The van der Waals surface area contributed by atoms with E-state index in [1.165, 1.54) is 24.0 Å². The van der Waals surface area contributed by atoms with Crippen LogP contribution in [0.3, 0.4) is 0 Å². The molecule has 2 heteroatoms. The molecule has 1 aromatic rings. The maximum Gasteiger partial charge on any atom is 0.163 e. The summed E-state index contributed by atoms with van der Waals surface area (Å²) < 4.78 is 0. The van der Waals surface area contributed by atoms with Gasteiger partial charge in [0.25, 0.3) is 0 Å². The fraction of sp³-hybridized carbons (Fsp3) is 0.533. The Balaban J connectivity index is 2.01. The highest BCUT2D eigenvalue weighted by molar-refractivity contribution is 5.96. The van der Waals surface area contributed by atoms with Crippen molar-refractivity contribution < 1.29 is 4.79 Å². The Kier molecular flexibility index (Phi) is 3.95. The predicted octanol–water partition coefficient (Wildman–Crippen LogP) is 2.88. The minimum absolute atomic E-state index is 0.293. The minimum atomic E-state index is 0.293. The average Bonchev–Trinajstić information content (AvgIpc) is 2.34. The molecular weight excluding hydrogens is 210 g/mol. The van der Waals surface area contributed by atoms with Crippen LogP contribution in [0.5, 0.6) is 0 Å². The van der Waals surface area contributed by atoms with Gasteiger partial charge in [0, 0.05) is 12.0 Å². The van der Waals surface area contributed by atoms with Gasteiger partial charge >= 0.3 is 0 Å². The number of piperidine rings is 1. The van der Waals surface area contributed by atoms with Crippen LogP contribution in [0.4, 0.5) is 0 Å². The Morgan fingerprint density at radius 3 is 2.82 bits per heavy atom. The summed E-state index contributed by atoms with van der Waals surface area (Å²) >= 11 is 0. The van der Waals surface area contributed by atoms with Gasteiger partial charge in [0.1, 0.15) is 0 Å². The van der Waals surface area contributed by atoms with E-state index < -0.39 is 0 Å². The zero-order valence-electron chi connectivity index (χ0n) is 10.8. The van der Waals surface area contributed by atoms with Gasteiger partial charge in [-0.15, -0.1) is 0 Å². The molecule has 1 aliphatic heterocycles. The third kappa shape index (κ3) is 3.16. The van der Waals surface area contributed by atoms with Gasteiger partial charge in [0.2, 0.25) is 0 Å². The molecule has 1 saturated heterocycles. The largest absolute Gasteiger partial charge is 0.316 e. The van der Waals surface area contributed by atoms with Gasteiger partial charge in [-0.05, 0) is 62.9 Å². The molecule has 1 aliphatic rings. The second-order valence-electron chi connectivity index (χ2n) is 5.14. The lowest BCUT2D eigenvalue weighted by molar-refractivity contribution is 0.0953. The summed E-state index contributed by atoms with van der Waals surface area (Å²) in [6.07, 6.45) is 3.07. The number of nitrogens with one attached hydrogen (secondary N) is 1. The van der Waals surface area contributed by atoms with E-state index in [0.717, 1.165) is 18.7 Å². The molecule has 1 N–H and O–H groups in total. The molecule has 0 aliphatic carbocycles. The van der Waals surface area contributed by atoms with Crippen molar-refractivity contribution in [3.63, 3.8) is 0 Å². The molecule has 0 bridgehead atoms. The van der Waals surface area contributed by atoms with Crippen molar-refractivity contribution in [2.24, 2.45) is 5.92 Å². The zero-order valence-corrected chi connectivity index (χ0v) is 10.8. The first-order valence-corrected chi connectivity index (χ1v) is 6.48. The summed E-state index contributed by atoms with van der Waals surface area (Å²) in [7, 11) is 0. The molecule has 2 rings (SSSR count). The van der Waals surface area contributed by atoms with E-state index in [1.807, 2.05) is 18.2 Å². The predicted molar refractivity (Wildman–Crippen MR) is 70.5 cm³/mol. The van der Waals surface area contributed by atoms with Crippen molar-refractivity contribution in [2.45, 2.75) is 33.1 Å². The molecular formula is C15H21NO. The van der Waals surface area contributed by atoms with Crippen LogP contribution in [-0.2, 0) is 0 Å². The van der Waals surface area contributed by atoms with E-state index >= 15 is 0 Å². The van der Waals surface area contributed by atoms with Crippen LogP contribution in [-0.4, -0.2) is 18.9 Å². The first kappa shape index (κ1) is 12.3. The molecule has 1 heterocycles. The number of aryl methyl sites for hydroxylation is 2. The van der Waals surface area contributed by atoms with Crippen molar-refractivity contribution in [1.82, 2.24) is 5.32 Å². The van der Waals surface area contributed by atoms with Crippen molar-refractivity contribution in [2.75, 3.05) is 13.1 Å². The maximum absolute atomic E-state index is 12.1. The summed E-state index contributed by atoms with van der Waals surface area (Å²) in [4.78, 5) is 12.1.